The molecule has 143 heavy (non-hydrogen) atoms. The maximum atomic E-state index is 12.5. The second-order valence-corrected chi connectivity index (χ2v) is 40.5. The smallest absolute Gasteiger partial charge is 0.240 e. The third-order valence-electron chi connectivity index (χ3n) is 29.4. The molecule has 12 atom stereocenters. The molecule has 772 valence electrons. The van der Waals surface area contributed by atoms with Gasteiger partial charge in [0, 0.05) is 67.0 Å². The Labute approximate surface area is 846 Å². The van der Waals surface area contributed by atoms with Crippen LogP contribution >= 0.6 is 0 Å². The summed E-state index contributed by atoms with van der Waals surface area (Å²) in [6, 6.07) is 50.2. The van der Waals surface area contributed by atoms with Crippen LogP contribution in [-0.4, -0.2) is 171 Å². The lowest BCUT2D eigenvalue weighted by molar-refractivity contribution is -0.126. The van der Waals surface area contributed by atoms with E-state index < -0.39 is 66.3 Å². The molecule has 10 aromatic rings. The average Bonchev–Trinajstić information content (AvgIpc) is 1.73. The van der Waals surface area contributed by atoms with Crippen molar-refractivity contribution in [1.29, 1.82) is 0 Å². The number of aryl methyl sites for hydroxylation is 7. The SMILES string of the molecule is CCCCCCCCc1ccc(-c2ccc(NC[C@@H]([C@H](C)O)N(c3ccc(-c4ccc(CCCCCCCC)cc4)cc3)C(C)(O)C(N)C(N)=O)cc2)cc1.CCCCCCCc1nc(-c2ccc3c(c2)CC[C@@H]3NC(=O)C2NCCC2O)no1.CCCCCCCc1nc(-c2ccc3c(c2)CC[C@H]3NC(=O)C2NCCC2O)no1.Cn1nc(-c2ccc(CNC(=O)C3NCCC3O)cc2)nc1C1CCCCC1. The van der Waals surface area contributed by atoms with Gasteiger partial charge in [0.15, 0.2) is 11.5 Å². The van der Waals surface area contributed by atoms with Crippen LogP contribution in [0, 0.1) is 0 Å². The van der Waals surface area contributed by atoms with Crippen molar-refractivity contribution in [3.8, 4) is 56.4 Å². The summed E-state index contributed by atoms with van der Waals surface area (Å²) >= 11 is 0. The summed E-state index contributed by atoms with van der Waals surface area (Å²) < 4.78 is 12.8. The lowest BCUT2D eigenvalue weighted by Gasteiger charge is -2.47. The summed E-state index contributed by atoms with van der Waals surface area (Å²) in [6.07, 6.45) is 40.4. The summed E-state index contributed by atoms with van der Waals surface area (Å²) in [4.78, 5) is 65.0. The first-order valence-corrected chi connectivity index (χ1v) is 53.9. The molecule has 6 aliphatic rings. The van der Waals surface area contributed by atoms with E-state index in [1.54, 1.807) is 11.8 Å². The van der Waals surface area contributed by atoms with Crippen molar-refractivity contribution in [2.24, 2.45) is 18.5 Å². The van der Waals surface area contributed by atoms with E-state index in [2.05, 4.69) is 175 Å². The molecular weight excluding hydrogens is 1800 g/mol. The zero-order valence-corrected chi connectivity index (χ0v) is 85.8. The number of nitrogens with zero attached hydrogens (tertiary/aromatic N) is 8. The van der Waals surface area contributed by atoms with Gasteiger partial charge in [0.05, 0.1) is 42.5 Å². The number of unbranched alkanes of at least 4 members (excludes halogenated alkanes) is 18. The Morgan fingerprint density at radius 1 is 0.476 bits per heavy atom. The van der Waals surface area contributed by atoms with Crippen LogP contribution in [0.25, 0.3) is 56.4 Å². The Hall–Kier alpha value is -10.9. The highest BCUT2D eigenvalue weighted by Crippen LogP contribution is 2.39. The zero-order valence-electron chi connectivity index (χ0n) is 85.8. The lowest BCUT2D eigenvalue weighted by Crippen LogP contribution is -2.68. The molecule has 28 heteroatoms. The lowest BCUT2D eigenvalue weighted by atomic mass is 9.89. The summed E-state index contributed by atoms with van der Waals surface area (Å²) in [7, 11) is 1.98. The minimum atomic E-state index is -1.90. The summed E-state index contributed by atoms with van der Waals surface area (Å²) in [5.41, 5.74) is 27.1. The number of aliphatic hydroxyl groups is 5. The number of aromatic nitrogens is 7. The number of hydrogen-bond donors (Lipinski definition) is 14. The number of primary amides is 1. The third-order valence-corrected chi connectivity index (χ3v) is 29.4. The number of carbonyl (C=O) groups is 4. The predicted octanol–water partition coefficient (Wildman–Crippen LogP) is 18.0. The molecule has 1 saturated carbocycles. The Bertz CT molecular complexity index is 5380. The molecule has 16 N–H and O–H groups in total. The van der Waals surface area contributed by atoms with Crippen LogP contribution in [0.2, 0.25) is 0 Å². The molecular formula is C115H161N17O11. The molecule has 16 rings (SSSR count). The summed E-state index contributed by atoms with van der Waals surface area (Å²) in [5.74, 6) is 3.81. The molecule has 3 aromatic heterocycles. The highest BCUT2D eigenvalue weighted by atomic mass is 16.5. The fraction of sp³-hybridized carbons (Fsp3) is 0.548. The third kappa shape index (κ3) is 31.6. The quantitative estimate of drug-likeness (QED) is 0.0124. The van der Waals surface area contributed by atoms with Crippen molar-refractivity contribution in [3.63, 3.8) is 0 Å². The van der Waals surface area contributed by atoms with E-state index in [1.807, 2.05) is 84.5 Å². The topological polar surface area (TPSA) is 417 Å². The monoisotopic (exact) mass is 1960 g/mol. The number of carbonyl (C=O) groups excluding carboxylic acids is 4. The molecule has 3 saturated heterocycles. The van der Waals surface area contributed by atoms with E-state index in [0.29, 0.717) is 80.5 Å². The van der Waals surface area contributed by atoms with Crippen LogP contribution in [0.4, 0.5) is 11.4 Å². The van der Waals surface area contributed by atoms with Gasteiger partial charge in [-0.05, 0) is 227 Å². The largest absolute Gasteiger partial charge is 0.391 e. The Morgan fingerprint density at radius 3 is 1.29 bits per heavy atom. The fourth-order valence-electron chi connectivity index (χ4n) is 20.7. The second kappa shape index (κ2) is 56.0. The van der Waals surface area contributed by atoms with Crippen LogP contribution in [0.1, 0.15) is 322 Å². The van der Waals surface area contributed by atoms with Gasteiger partial charge in [-0.2, -0.15) is 15.1 Å². The number of nitrogens with one attached hydrogen (secondary N) is 7. The molecule has 0 spiro atoms. The van der Waals surface area contributed by atoms with E-state index in [1.165, 1.54) is 190 Å². The minimum absolute atomic E-state index is 0.0138. The van der Waals surface area contributed by atoms with E-state index in [-0.39, 0.29) is 36.3 Å². The van der Waals surface area contributed by atoms with Crippen molar-refractivity contribution in [2.45, 2.75) is 370 Å². The maximum Gasteiger partial charge on any atom is 0.240 e. The van der Waals surface area contributed by atoms with Crippen LogP contribution in [0.5, 0.6) is 0 Å². The van der Waals surface area contributed by atoms with Gasteiger partial charge in [0.2, 0.25) is 47.1 Å². The maximum absolute atomic E-state index is 12.5. The molecule has 0 radical (unpaired) electrons. The number of benzene rings is 7. The van der Waals surface area contributed by atoms with Gasteiger partial charge >= 0.3 is 0 Å². The van der Waals surface area contributed by atoms with Crippen LogP contribution < -0.4 is 53.6 Å². The minimum Gasteiger partial charge on any atom is -0.391 e. The van der Waals surface area contributed by atoms with Gasteiger partial charge in [0.25, 0.3) is 0 Å². The number of hydrogen-bond acceptors (Lipinski definition) is 23. The Morgan fingerprint density at radius 2 is 0.867 bits per heavy atom. The number of aliphatic hydroxyl groups excluding tert-OH is 4. The van der Waals surface area contributed by atoms with Crippen LogP contribution in [0.15, 0.2) is 167 Å². The normalized spacial score (nSPS) is 19.6. The van der Waals surface area contributed by atoms with Gasteiger partial charge < -0.3 is 88.2 Å². The molecule has 4 amide bonds. The van der Waals surface area contributed by atoms with E-state index in [4.69, 9.17) is 25.5 Å². The molecule has 0 bridgehead atoms. The average molecular weight is 1960 g/mol. The Kier molecular flexibility index (Phi) is 42.8. The molecule has 7 aromatic carbocycles. The highest BCUT2D eigenvalue weighted by molar-refractivity contribution is 5.85. The first-order valence-electron chi connectivity index (χ1n) is 53.9. The molecule has 3 aliphatic heterocycles. The van der Waals surface area contributed by atoms with E-state index in [0.717, 1.165) is 137 Å². The van der Waals surface area contributed by atoms with Gasteiger partial charge in [-0.3, -0.25) is 23.9 Å². The summed E-state index contributed by atoms with van der Waals surface area (Å²) in [5, 5.41) is 87.3. The number of rotatable bonds is 48. The highest BCUT2D eigenvalue weighted by Gasteiger charge is 2.45. The van der Waals surface area contributed by atoms with Crippen LogP contribution in [0.3, 0.4) is 0 Å². The number of anilines is 2. The van der Waals surface area contributed by atoms with Gasteiger partial charge in [0.1, 0.15) is 30.0 Å². The van der Waals surface area contributed by atoms with Crippen molar-refractivity contribution < 1.29 is 53.8 Å². The predicted molar refractivity (Wildman–Crippen MR) is 566 cm³/mol. The van der Waals surface area contributed by atoms with Gasteiger partial charge in [-0.1, -0.05) is 294 Å². The fourth-order valence-corrected chi connectivity index (χ4v) is 20.7. The number of amides is 4. The zero-order chi connectivity index (χ0) is 101. The standard InChI is InChI=1S/C48H68N4O3.2C23H32N4O3.C21H29N5O2/c1-5-7-9-11-13-15-17-37-19-23-39(24-20-37)41-27-31-43(32-28-41)51-35-45(36(3)53)52(48(4,55)46(49)47(50)54)44-33-29-42(30-34-44)40-25-21-38(22-26-40)18-16-14-12-10-8-6-2;2*1-2-3-4-5-6-7-20-26-22(27-30-20)16-8-10-17-15(14-16)9-11-18(17)25-23(29)21-19(28)12-13-24-21;1-26-20(16-5-3-2-4-6-16)24-19(25-26)15-9-7-14(8-10-15)13-23-21(28)18-17(27)11-12-22-18/h19-34,36,45-46,51,53,55H,5-18,35,49H2,1-4H3,(H2,50,54);2*8,10,14,18-19,21,24,28H,2-7,9,11-13H2,1H3,(H,25,29);7-10,16-18,22,27H,2-6,11-13H2,1H3,(H,23,28)/t36-,45-,46?,48?;2*18-,19?,21?;/m010./s1. The molecule has 4 fully saturated rings. The number of fused-ring (bicyclic) bond motifs is 2. The first-order chi connectivity index (χ1) is 69.5. The first kappa shape index (κ1) is 109. The van der Waals surface area contributed by atoms with Crippen LogP contribution in [-0.2, 0) is 71.3 Å². The second-order valence-electron chi connectivity index (χ2n) is 40.5. The molecule has 8 unspecified atom stereocenters. The molecule has 6 heterocycles. The van der Waals surface area contributed by atoms with Crippen molar-refractivity contribution in [2.75, 3.05) is 36.4 Å². The van der Waals surface area contributed by atoms with Gasteiger partial charge in [-0.25, -0.2) is 4.98 Å². The Balaban J connectivity index is 0.000000167. The van der Waals surface area contributed by atoms with Gasteiger partial charge in [-0.15, -0.1) is 0 Å². The summed E-state index contributed by atoms with van der Waals surface area (Å²) in [6.45, 7) is 14.8. The van der Waals surface area contributed by atoms with E-state index >= 15 is 0 Å². The van der Waals surface area contributed by atoms with Crippen molar-refractivity contribution >= 4 is 35.0 Å². The molecule has 28 nitrogen and oxygen atoms in total. The molecule has 3 aliphatic carbocycles. The number of nitrogens with two attached hydrogens (primary N) is 2. The van der Waals surface area contributed by atoms with Crippen molar-refractivity contribution in [3.05, 3.63) is 214 Å². The van der Waals surface area contributed by atoms with E-state index in [9.17, 15) is 44.7 Å². The van der Waals surface area contributed by atoms with Crippen molar-refractivity contribution in [1.82, 2.24) is 66.9 Å².